The monoisotopic (exact) mass is 235 g/mol. The van der Waals surface area contributed by atoms with E-state index >= 15 is 0 Å². The van der Waals surface area contributed by atoms with Gasteiger partial charge in [-0.3, -0.25) is 9.48 Å². The summed E-state index contributed by atoms with van der Waals surface area (Å²) in [4.78, 5) is 13.8. The predicted octanol–water partition coefficient (Wildman–Crippen LogP) is -0.0819. The van der Waals surface area contributed by atoms with E-state index in [4.69, 9.17) is 0 Å². The molecule has 0 bridgehead atoms. The summed E-state index contributed by atoms with van der Waals surface area (Å²) in [6, 6.07) is 0. The van der Waals surface area contributed by atoms with E-state index < -0.39 is 0 Å². The molecule has 0 aromatic carbocycles. The van der Waals surface area contributed by atoms with E-state index in [1.165, 1.54) is 0 Å². The molecule has 1 aromatic heterocycles. The molecule has 2 heterocycles. The van der Waals surface area contributed by atoms with Gasteiger partial charge in [0.2, 0.25) is 5.91 Å². The number of amides is 1. The molecule has 6 heteroatoms. The van der Waals surface area contributed by atoms with Crippen LogP contribution >= 0.6 is 0 Å². The molecule has 0 N–H and O–H groups in total. The molecule has 0 radical (unpaired) electrons. The van der Waals surface area contributed by atoms with Crippen molar-refractivity contribution in [2.45, 2.75) is 6.42 Å². The van der Waals surface area contributed by atoms with Crippen LogP contribution in [0.3, 0.4) is 0 Å². The number of rotatable bonds is 4. The molecule has 6 nitrogen and oxygen atoms in total. The molecule has 2 rings (SSSR count). The van der Waals surface area contributed by atoms with E-state index in [0.717, 1.165) is 17.8 Å². The van der Waals surface area contributed by atoms with Crippen molar-refractivity contribution in [1.82, 2.24) is 19.7 Å². The molecular weight excluding hydrogens is 218 g/mol. The average Bonchev–Trinajstić information content (AvgIpc) is 2.82. The summed E-state index contributed by atoms with van der Waals surface area (Å²) in [7, 11) is 5.81. The first kappa shape index (κ1) is 11.8. The Hall–Kier alpha value is -1.69. The molecule has 1 aliphatic heterocycles. The summed E-state index contributed by atoms with van der Waals surface area (Å²) < 4.78 is 1.71. The lowest BCUT2D eigenvalue weighted by Crippen LogP contribution is -2.29. The molecule has 0 spiro atoms. The third-order valence-corrected chi connectivity index (χ3v) is 2.65. The van der Waals surface area contributed by atoms with E-state index in [2.05, 4.69) is 10.2 Å². The maximum Gasteiger partial charge on any atom is 0.248 e. The van der Waals surface area contributed by atoms with E-state index in [1.54, 1.807) is 15.9 Å². The number of hydrogen-bond donors (Lipinski definition) is 0. The number of hydrogen-bond acceptors (Lipinski definition) is 4. The van der Waals surface area contributed by atoms with E-state index in [1.807, 2.05) is 32.2 Å². The van der Waals surface area contributed by atoms with Crippen LogP contribution in [0.1, 0.15) is 12.0 Å². The average molecular weight is 235 g/mol. The summed E-state index contributed by atoms with van der Waals surface area (Å²) >= 11 is 0. The van der Waals surface area contributed by atoms with Crippen molar-refractivity contribution in [2.24, 2.45) is 12.1 Å². The molecule has 1 amide bonds. The van der Waals surface area contributed by atoms with Gasteiger partial charge >= 0.3 is 0 Å². The number of aromatic nitrogens is 2. The van der Waals surface area contributed by atoms with Crippen molar-refractivity contribution in [3.63, 3.8) is 0 Å². The second-order valence-electron chi connectivity index (χ2n) is 4.45. The second kappa shape index (κ2) is 4.67. The highest BCUT2D eigenvalue weighted by Gasteiger charge is 2.25. The molecule has 1 aliphatic rings. The lowest BCUT2D eigenvalue weighted by atomic mass is 10.2. The normalized spacial score (nSPS) is 15.9. The predicted molar refractivity (Wildman–Crippen MR) is 64.6 cm³/mol. The summed E-state index contributed by atoms with van der Waals surface area (Å²) in [5.41, 5.74) is 1.73. The Morgan fingerprint density at radius 3 is 2.82 bits per heavy atom. The summed E-state index contributed by atoms with van der Waals surface area (Å²) in [6.45, 7) is 1.45. The largest absolute Gasteiger partial charge is 0.308 e. The van der Waals surface area contributed by atoms with Gasteiger partial charge < -0.3 is 4.90 Å². The van der Waals surface area contributed by atoms with Crippen LogP contribution in [0.15, 0.2) is 17.5 Å². The van der Waals surface area contributed by atoms with Crippen molar-refractivity contribution in [1.29, 1.82) is 0 Å². The van der Waals surface area contributed by atoms with Gasteiger partial charge in [0.1, 0.15) is 0 Å². The molecule has 92 valence electrons. The Morgan fingerprint density at radius 2 is 2.24 bits per heavy atom. The molecule has 0 aliphatic carbocycles. The summed E-state index contributed by atoms with van der Waals surface area (Å²) in [6.07, 6.45) is 3.99. The number of nitrogens with zero attached hydrogens (tertiary/aromatic N) is 5. The van der Waals surface area contributed by atoms with Crippen molar-refractivity contribution in [2.75, 3.05) is 27.2 Å². The number of carbonyl (C=O) groups is 1. The van der Waals surface area contributed by atoms with Crippen LogP contribution in [0.25, 0.3) is 0 Å². The molecular formula is C11H17N5O. The van der Waals surface area contributed by atoms with Gasteiger partial charge in [0.05, 0.1) is 24.9 Å². The van der Waals surface area contributed by atoms with E-state index in [0.29, 0.717) is 13.0 Å². The van der Waals surface area contributed by atoms with Crippen LogP contribution in [0.5, 0.6) is 0 Å². The Bertz CT molecular complexity index is 448. The van der Waals surface area contributed by atoms with Crippen LogP contribution in [-0.2, 0) is 11.8 Å². The quantitative estimate of drug-likeness (QED) is 0.733. The maximum absolute atomic E-state index is 11.7. The fourth-order valence-corrected chi connectivity index (χ4v) is 1.67. The molecule has 0 saturated carbocycles. The highest BCUT2D eigenvalue weighted by atomic mass is 16.2. The van der Waals surface area contributed by atoms with Gasteiger partial charge in [0.15, 0.2) is 0 Å². The third-order valence-electron chi connectivity index (χ3n) is 2.65. The van der Waals surface area contributed by atoms with Crippen LogP contribution in [0.4, 0.5) is 0 Å². The third kappa shape index (κ3) is 2.71. The Morgan fingerprint density at radius 1 is 1.47 bits per heavy atom. The van der Waals surface area contributed by atoms with Crippen molar-refractivity contribution >= 4 is 11.6 Å². The molecule has 0 saturated heterocycles. The number of hydrazone groups is 1. The summed E-state index contributed by atoms with van der Waals surface area (Å²) in [5.74, 6) is 0.0608. The van der Waals surface area contributed by atoms with Crippen molar-refractivity contribution in [3.05, 3.63) is 18.0 Å². The first-order valence-electron chi connectivity index (χ1n) is 5.58. The zero-order chi connectivity index (χ0) is 12.4. The van der Waals surface area contributed by atoms with Gasteiger partial charge in [-0.25, -0.2) is 5.01 Å². The van der Waals surface area contributed by atoms with Gasteiger partial charge in [-0.05, 0) is 14.1 Å². The van der Waals surface area contributed by atoms with Crippen molar-refractivity contribution < 1.29 is 4.79 Å². The van der Waals surface area contributed by atoms with Crippen LogP contribution < -0.4 is 0 Å². The molecule has 0 unspecified atom stereocenters. The topological polar surface area (TPSA) is 53.7 Å². The Kier molecular flexibility index (Phi) is 3.23. The van der Waals surface area contributed by atoms with Crippen LogP contribution in [-0.4, -0.2) is 58.5 Å². The number of likely N-dealkylation sites (N-methyl/N-ethyl adjacent to an activating group) is 1. The highest BCUT2D eigenvalue weighted by Crippen LogP contribution is 2.14. The number of carbonyl (C=O) groups excluding carboxylic acids is 1. The van der Waals surface area contributed by atoms with Gasteiger partial charge in [-0.15, -0.1) is 0 Å². The maximum atomic E-state index is 11.7. The van der Waals surface area contributed by atoms with Gasteiger partial charge in [0, 0.05) is 25.4 Å². The summed E-state index contributed by atoms with van der Waals surface area (Å²) in [5, 5.41) is 9.97. The molecule has 0 atom stereocenters. The highest BCUT2D eigenvalue weighted by molar-refractivity contribution is 6.13. The number of aryl methyl sites for hydroxylation is 1. The van der Waals surface area contributed by atoms with Crippen molar-refractivity contribution in [3.8, 4) is 0 Å². The molecule has 0 fully saturated rings. The zero-order valence-corrected chi connectivity index (χ0v) is 10.4. The molecule has 17 heavy (non-hydrogen) atoms. The smallest absolute Gasteiger partial charge is 0.248 e. The lowest BCUT2D eigenvalue weighted by Gasteiger charge is -2.14. The first-order chi connectivity index (χ1) is 8.06. The van der Waals surface area contributed by atoms with Crippen LogP contribution in [0, 0.1) is 0 Å². The van der Waals surface area contributed by atoms with E-state index in [9.17, 15) is 4.79 Å². The lowest BCUT2D eigenvalue weighted by molar-refractivity contribution is -0.128. The zero-order valence-electron chi connectivity index (χ0n) is 10.4. The van der Waals surface area contributed by atoms with E-state index in [-0.39, 0.29) is 5.91 Å². The SMILES string of the molecule is CN(C)CCN1N=C(c2cnn(C)c2)CC1=O. The Labute approximate surface area is 100 Å². The minimum Gasteiger partial charge on any atom is -0.308 e. The van der Waals surface area contributed by atoms with Gasteiger partial charge in [0.25, 0.3) is 0 Å². The van der Waals surface area contributed by atoms with Gasteiger partial charge in [-0.1, -0.05) is 0 Å². The fraction of sp³-hybridized carbons (Fsp3) is 0.545. The minimum absolute atomic E-state index is 0.0608. The fourth-order valence-electron chi connectivity index (χ4n) is 1.67. The standard InChI is InChI=1S/C11H17N5O/c1-14(2)4-5-16-11(17)6-10(13-16)9-7-12-15(3)8-9/h7-8H,4-6H2,1-3H3. The first-order valence-corrected chi connectivity index (χ1v) is 5.58. The van der Waals surface area contributed by atoms with Gasteiger partial charge in [-0.2, -0.15) is 10.2 Å². The minimum atomic E-state index is 0.0608. The molecule has 1 aromatic rings. The Balaban J connectivity index is 2.06. The van der Waals surface area contributed by atoms with Crippen LogP contribution in [0.2, 0.25) is 0 Å². The second-order valence-corrected chi connectivity index (χ2v) is 4.45.